The summed E-state index contributed by atoms with van der Waals surface area (Å²) in [6, 6.07) is 7.62. The second kappa shape index (κ2) is 9.22. The summed E-state index contributed by atoms with van der Waals surface area (Å²) in [6.45, 7) is 6.70. The number of anilines is 1. The van der Waals surface area contributed by atoms with Gasteiger partial charge in [-0.25, -0.2) is 9.97 Å². The van der Waals surface area contributed by atoms with E-state index in [1.807, 2.05) is 29.6 Å². The maximum absolute atomic E-state index is 12.6. The van der Waals surface area contributed by atoms with Crippen molar-refractivity contribution in [2.24, 2.45) is 0 Å². The summed E-state index contributed by atoms with van der Waals surface area (Å²) in [6.07, 6.45) is 0.437. The van der Waals surface area contributed by atoms with E-state index in [1.165, 1.54) is 22.7 Å². The van der Waals surface area contributed by atoms with Crippen molar-refractivity contribution in [1.29, 1.82) is 0 Å². The maximum atomic E-state index is 12.6. The molecule has 3 aromatic rings. The van der Waals surface area contributed by atoms with Crippen molar-refractivity contribution < 1.29 is 14.3 Å². The van der Waals surface area contributed by atoms with Crippen molar-refractivity contribution in [2.75, 3.05) is 25.5 Å². The first-order valence-corrected chi connectivity index (χ1v) is 11.5. The molecule has 1 amide bonds. The lowest BCUT2D eigenvalue weighted by atomic mass is 10.2. The van der Waals surface area contributed by atoms with Crippen LogP contribution >= 0.6 is 22.7 Å². The molecule has 1 fully saturated rings. The van der Waals surface area contributed by atoms with Crippen molar-refractivity contribution in [3.05, 3.63) is 46.4 Å². The third-order valence-corrected chi connectivity index (χ3v) is 6.42. The first-order valence-electron chi connectivity index (χ1n) is 9.73. The van der Waals surface area contributed by atoms with Crippen molar-refractivity contribution in [3.63, 3.8) is 0 Å². The van der Waals surface area contributed by atoms with Gasteiger partial charge in [0.15, 0.2) is 5.13 Å². The zero-order valence-electron chi connectivity index (χ0n) is 17.1. The number of ether oxygens (including phenoxy) is 2. The summed E-state index contributed by atoms with van der Waals surface area (Å²) < 4.78 is 11.0. The lowest BCUT2D eigenvalue weighted by Gasteiger charge is -2.34. The minimum Gasteiger partial charge on any atom is -0.497 e. The van der Waals surface area contributed by atoms with Crippen molar-refractivity contribution in [1.82, 2.24) is 14.9 Å². The van der Waals surface area contributed by atoms with Gasteiger partial charge in [-0.2, -0.15) is 0 Å². The molecule has 1 saturated heterocycles. The monoisotopic (exact) mass is 444 g/mol. The number of rotatable bonds is 6. The van der Waals surface area contributed by atoms with Crippen LogP contribution in [0.5, 0.6) is 5.75 Å². The fraction of sp³-hybridized carbons (Fsp3) is 0.381. The molecule has 3 heterocycles. The summed E-state index contributed by atoms with van der Waals surface area (Å²) in [4.78, 5) is 24.0. The van der Waals surface area contributed by atoms with E-state index in [1.54, 1.807) is 12.5 Å². The number of carbonyl (C=O) groups is 1. The van der Waals surface area contributed by atoms with Gasteiger partial charge in [-0.15, -0.1) is 22.7 Å². The number of benzene rings is 1. The molecule has 1 aromatic carbocycles. The Kier molecular flexibility index (Phi) is 6.43. The molecule has 1 aliphatic heterocycles. The molecule has 9 heteroatoms. The number of thiazole rings is 2. The molecule has 0 radical (unpaired) electrons. The standard InChI is InChI=1S/C21H24N4O3S2/c1-13-8-25(9-14(2)28-13)10-16-11-30-21(22-16)24-19(26)18-12-29-20(23-18)15-4-6-17(27-3)7-5-15/h4-7,11-14H,8-10H2,1-3H3,(H,22,24,26). The van der Waals surface area contributed by atoms with Crippen LogP contribution in [-0.4, -0.2) is 53.2 Å². The smallest absolute Gasteiger partial charge is 0.276 e. The van der Waals surface area contributed by atoms with E-state index >= 15 is 0 Å². The van der Waals surface area contributed by atoms with Crippen LogP contribution in [0.2, 0.25) is 0 Å². The molecule has 158 valence electrons. The highest BCUT2D eigenvalue weighted by atomic mass is 32.1. The number of nitrogens with zero attached hydrogens (tertiary/aromatic N) is 3. The molecule has 4 rings (SSSR count). The van der Waals surface area contributed by atoms with Crippen LogP contribution in [0.1, 0.15) is 30.0 Å². The number of carbonyl (C=O) groups excluding carboxylic acids is 1. The second-order valence-electron chi connectivity index (χ2n) is 7.32. The van der Waals surface area contributed by atoms with Gasteiger partial charge in [0.25, 0.3) is 5.91 Å². The molecule has 2 atom stereocenters. The molecule has 0 bridgehead atoms. The van der Waals surface area contributed by atoms with Crippen LogP contribution in [-0.2, 0) is 11.3 Å². The Morgan fingerprint density at radius 1 is 1.17 bits per heavy atom. The third-order valence-electron chi connectivity index (χ3n) is 4.73. The molecular formula is C21H24N4O3S2. The third kappa shape index (κ3) is 5.04. The van der Waals surface area contributed by atoms with Gasteiger partial charge in [0.2, 0.25) is 0 Å². The zero-order valence-corrected chi connectivity index (χ0v) is 18.8. The summed E-state index contributed by atoms with van der Waals surface area (Å²) in [5.41, 5.74) is 2.29. The highest BCUT2D eigenvalue weighted by Crippen LogP contribution is 2.26. The van der Waals surface area contributed by atoms with Crippen molar-refractivity contribution in [3.8, 4) is 16.3 Å². The molecule has 2 aromatic heterocycles. The SMILES string of the molecule is COc1ccc(-c2nc(C(=O)Nc3nc(CN4CC(C)OC(C)C4)cs3)cs2)cc1. The van der Waals surface area contributed by atoms with Crippen LogP contribution < -0.4 is 10.1 Å². The van der Waals surface area contributed by atoms with E-state index in [0.717, 1.165) is 41.6 Å². The first kappa shape index (κ1) is 20.9. The summed E-state index contributed by atoms with van der Waals surface area (Å²) in [5, 5.41) is 8.00. The molecule has 7 nitrogen and oxygen atoms in total. The Bertz CT molecular complexity index is 992. The molecule has 0 saturated carbocycles. The van der Waals surface area contributed by atoms with Gasteiger partial charge in [-0.3, -0.25) is 15.0 Å². The Balaban J connectivity index is 1.37. The van der Waals surface area contributed by atoms with Gasteiger partial charge in [-0.05, 0) is 38.1 Å². The Morgan fingerprint density at radius 2 is 1.90 bits per heavy atom. The normalized spacial score (nSPS) is 19.6. The Morgan fingerprint density at radius 3 is 2.60 bits per heavy atom. The number of amides is 1. The fourth-order valence-corrected chi connectivity index (χ4v) is 4.99. The Labute approximate surface area is 183 Å². The molecule has 0 spiro atoms. The number of hydrogen-bond donors (Lipinski definition) is 1. The first-order chi connectivity index (χ1) is 14.5. The summed E-state index contributed by atoms with van der Waals surface area (Å²) in [5.74, 6) is 0.536. The maximum Gasteiger partial charge on any atom is 0.276 e. The molecule has 1 N–H and O–H groups in total. The highest BCUT2D eigenvalue weighted by molar-refractivity contribution is 7.14. The van der Waals surface area contributed by atoms with Gasteiger partial charge < -0.3 is 9.47 Å². The van der Waals surface area contributed by atoms with Gasteiger partial charge in [-0.1, -0.05) is 0 Å². The summed E-state index contributed by atoms with van der Waals surface area (Å²) in [7, 11) is 1.63. The number of hydrogen-bond acceptors (Lipinski definition) is 8. The van der Waals surface area contributed by atoms with Crippen molar-refractivity contribution in [2.45, 2.75) is 32.6 Å². The van der Waals surface area contributed by atoms with E-state index in [-0.39, 0.29) is 18.1 Å². The highest BCUT2D eigenvalue weighted by Gasteiger charge is 2.23. The number of methoxy groups -OCH3 is 1. The molecule has 1 aliphatic rings. The van der Waals surface area contributed by atoms with E-state index < -0.39 is 0 Å². The van der Waals surface area contributed by atoms with Crippen LogP contribution in [0.3, 0.4) is 0 Å². The van der Waals surface area contributed by atoms with Crippen LogP contribution in [0.15, 0.2) is 35.0 Å². The largest absolute Gasteiger partial charge is 0.497 e. The predicted molar refractivity (Wildman–Crippen MR) is 119 cm³/mol. The fourth-order valence-electron chi connectivity index (χ4n) is 3.48. The zero-order chi connectivity index (χ0) is 21.1. The Hall–Kier alpha value is -2.33. The minimum atomic E-state index is -0.250. The average molecular weight is 445 g/mol. The van der Waals surface area contributed by atoms with Gasteiger partial charge in [0.05, 0.1) is 25.0 Å². The minimum absolute atomic E-state index is 0.219. The average Bonchev–Trinajstić information content (AvgIpc) is 3.37. The van der Waals surface area contributed by atoms with E-state index in [4.69, 9.17) is 9.47 Å². The van der Waals surface area contributed by atoms with E-state index in [0.29, 0.717) is 10.8 Å². The van der Waals surface area contributed by atoms with Crippen LogP contribution in [0.25, 0.3) is 10.6 Å². The molecule has 0 aliphatic carbocycles. The lowest BCUT2D eigenvalue weighted by molar-refractivity contribution is -0.0707. The van der Waals surface area contributed by atoms with Gasteiger partial charge >= 0.3 is 0 Å². The van der Waals surface area contributed by atoms with Crippen molar-refractivity contribution >= 4 is 33.7 Å². The lowest BCUT2D eigenvalue weighted by Crippen LogP contribution is -2.44. The number of aromatic nitrogens is 2. The van der Waals surface area contributed by atoms with Crippen LogP contribution in [0.4, 0.5) is 5.13 Å². The van der Waals surface area contributed by atoms with Gasteiger partial charge in [0.1, 0.15) is 16.5 Å². The van der Waals surface area contributed by atoms with Crippen LogP contribution in [0, 0.1) is 0 Å². The van der Waals surface area contributed by atoms with E-state index in [2.05, 4.69) is 34.0 Å². The molecule has 30 heavy (non-hydrogen) atoms. The predicted octanol–water partition coefficient (Wildman–Crippen LogP) is 4.14. The molecule has 2 unspecified atom stereocenters. The molecular weight excluding hydrogens is 420 g/mol. The summed E-state index contributed by atoms with van der Waals surface area (Å²) >= 11 is 2.87. The topological polar surface area (TPSA) is 76.6 Å². The van der Waals surface area contributed by atoms with E-state index in [9.17, 15) is 4.79 Å². The second-order valence-corrected chi connectivity index (χ2v) is 9.03. The number of nitrogens with one attached hydrogen (secondary N) is 1. The quantitative estimate of drug-likeness (QED) is 0.616. The van der Waals surface area contributed by atoms with Gasteiger partial charge in [0, 0.05) is 36.0 Å². The number of morpholine rings is 1.